The molecule has 0 amide bonds. The normalized spacial score (nSPS) is 15.9. The van der Waals surface area contributed by atoms with E-state index >= 15 is 0 Å². The van der Waals surface area contributed by atoms with E-state index in [4.69, 9.17) is 5.73 Å². The van der Waals surface area contributed by atoms with Gasteiger partial charge < -0.3 is 11.1 Å². The second-order valence-corrected chi connectivity index (χ2v) is 5.50. The molecular weight excluding hydrogens is 160 g/mol. The van der Waals surface area contributed by atoms with Gasteiger partial charge in [0.25, 0.3) is 0 Å². The number of nitrogens with one attached hydrogen (secondary N) is 1. The monoisotopic (exact) mass is 186 g/mol. The predicted octanol–water partition coefficient (Wildman–Crippen LogP) is 2.28. The average molecular weight is 186 g/mol. The van der Waals surface area contributed by atoms with Gasteiger partial charge in [0.2, 0.25) is 0 Å². The molecule has 0 aromatic heterocycles. The summed E-state index contributed by atoms with van der Waals surface area (Å²) >= 11 is 0. The van der Waals surface area contributed by atoms with Gasteiger partial charge in [0.15, 0.2) is 0 Å². The maximum atomic E-state index is 6.00. The van der Waals surface area contributed by atoms with E-state index in [2.05, 4.69) is 46.9 Å². The third-order valence-corrected chi connectivity index (χ3v) is 2.15. The molecule has 2 heteroatoms. The van der Waals surface area contributed by atoms with Crippen LogP contribution in [0.1, 0.15) is 54.4 Å². The van der Waals surface area contributed by atoms with Crippen LogP contribution in [0.2, 0.25) is 0 Å². The first-order chi connectivity index (χ1) is 5.66. The summed E-state index contributed by atoms with van der Waals surface area (Å²) in [4.78, 5) is 0. The zero-order valence-corrected chi connectivity index (χ0v) is 10.1. The van der Waals surface area contributed by atoms with Gasteiger partial charge in [-0.1, -0.05) is 6.92 Å². The highest BCUT2D eigenvalue weighted by Gasteiger charge is 2.26. The van der Waals surface area contributed by atoms with Crippen LogP contribution in [0, 0.1) is 0 Å². The smallest absolute Gasteiger partial charge is 0.0144 e. The molecule has 0 aliphatic heterocycles. The fraction of sp³-hybridized carbons (Fsp3) is 1.00. The number of nitrogens with two attached hydrogens (primary N) is 1. The molecule has 13 heavy (non-hydrogen) atoms. The van der Waals surface area contributed by atoms with E-state index in [1.807, 2.05) is 0 Å². The second kappa shape index (κ2) is 4.43. The number of hydrogen-bond donors (Lipinski definition) is 2. The van der Waals surface area contributed by atoms with E-state index in [9.17, 15) is 0 Å². The fourth-order valence-corrected chi connectivity index (χ4v) is 1.96. The van der Waals surface area contributed by atoms with E-state index in [1.54, 1.807) is 0 Å². The lowest BCUT2D eigenvalue weighted by molar-refractivity contribution is 0.264. The molecule has 0 aliphatic rings. The third kappa shape index (κ3) is 7.03. The lowest BCUT2D eigenvalue weighted by Crippen LogP contribution is -2.51. The Hall–Kier alpha value is -0.0800. The lowest BCUT2D eigenvalue weighted by Gasteiger charge is -2.35. The SMILES string of the molecule is CCC(C)NC(C)(C)CC(C)(C)N. The Morgan fingerprint density at radius 3 is 2.00 bits per heavy atom. The van der Waals surface area contributed by atoms with E-state index in [0.717, 1.165) is 12.8 Å². The summed E-state index contributed by atoms with van der Waals surface area (Å²) in [5, 5.41) is 3.58. The molecule has 1 atom stereocenters. The van der Waals surface area contributed by atoms with Crippen LogP contribution in [-0.2, 0) is 0 Å². The Labute approximate surface area is 83.3 Å². The molecule has 0 aliphatic carbocycles. The van der Waals surface area contributed by atoms with Crippen LogP contribution < -0.4 is 11.1 Å². The molecule has 0 aromatic rings. The summed E-state index contributed by atoms with van der Waals surface area (Å²) < 4.78 is 0. The molecule has 1 unspecified atom stereocenters. The van der Waals surface area contributed by atoms with Crippen molar-refractivity contribution >= 4 is 0 Å². The van der Waals surface area contributed by atoms with Crippen molar-refractivity contribution in [1.82, 2.24) is 5.32 Å². The zero-order chi connectivity index (χ0) is 10.7. The van der Waals surface area contributed by atoms with Crippen LogP contribution in [0.25, 0.3) is 0 Å². The highest BCUT2D eigenvalue weighted by atomic mass is 15.0. The molecular formula is C11H26N2. The first-order valence-corrected chi connectivity index (χ1v) is 5.23. The predicted molar refractivity (Wildman–Crippen MR) is 59.9 cm³/mol. The summed E-state index contributed by atoms with van der Waals surface area (Å²) in [5.74, 6) is 0. The average Bonchev–Trinajstić information content (AvgIpc) is 1.80. The Morgan fingerprint density at radius 1 is 1.23 bits per heavy atom. The van der Waals surface area contributed by atoms with Gasteiger partial charge in [0, 0.05) is 17.1 Å². The standard InChI is InChI=1S/C11H26N2/c1-7-9(2)13-11(5,6)8-10(3,4)12/h9,13H,7-8,12H2,1-6H3. The minimum Gasteiger partial charge on any atom is -0.325 e. The summed E-state index contributed by atoms with van der Waals surface area (Å²) in [7, 11) is 0. The topological polar surface area (TPSA) is 38.0 Å². The van der Waals surface area contributed by atoms with Gasteiger partial charge in [0.05, 0.1) is 0 Å². The second-order valence-electron chi connectivity index (χ2n) is 5.50. The highest BCUT2D eigenvalue weighted by molar-refractivity contribution is 4.88. The first-order valence-electron chi connectivity index (χ1n) is 5.23. The summed E-state index contributed by atoms with van der Waals surface area (Å²) in [5.41, 5.74) is 6.04. The van der Waals surface area contributed by atoms with Crippen LogP contribution in [0.15, 0.2) is 0 Å². The Balaban J connectivity index is 4.08. The molecule has 80 valence electrons. The van der Waals surface area contributed by atoms with Gasteiger partial charge in [-0.05, 0) is 47.5 Å². The van der Waals surface area contributed by atoms with Crippen LogP contribution in [0.5, 0.6) is 0 Å². The Morgan fingerprint density at radius 2 is 1.69 bits per heavy atom. The van der Waals surface area contributed by atoms with E-state index in [1.165, 1.54) is 0 Å². The van der Waals surface area contributed by atoms with Crippen molar-refractivity contribution in [1.29, 1.82) is 0 Å². The molecule has 0 saturated heterocycles. The van der Waals surface area contributed by atoms with Gasteiger partial charge in [-0.3, -0.25) is 0 Å². The molecule has 0 rings (SSSR count). The zero-order valence-electron chi connectivity index (χ0n) is 10.1. The van der Waals surface area contributed by atoms with Crippen LogP contribution in [-0.4, -0.2) is 17.1 Å². The van der Waals surface area contributed by atoms with Gasteiger partial charge in [-0.15, -0.1) is 0 Å². The quantitative estimate of drug-likeness (QED) is 0.691. The minimum absolute atomic E-state index is 0.0933. The lowest BCUT2D eigenvalue weighted by atomic mass is 9.87. The minimum atomic E-state index is -0.0933. The Bertz CT molecular complexity index is 145. The summed E-state index contributed by atoms with van der Waals surface area (Å²) in [6.45, 7) is 13.0. The molecule has 0 aromatic carbocycles. The van der Waals surface area contributed by atoms with Crippen LogP contribution in [0.4, 0.5) is 0 Å². The van der Waals surface area contributed by atoms with Crippen molar-refractivity contribution in [2.24, 2.45) is 5.73 Å². The van der Waals surface area contributed by atoms with Gasteiger partial charge in [-0.25, -0.2) is 0 Å². The molecule has 0 spiro atoms. The highest BCUT2D eigenvalue weighted by Crippen LogP contribution is 2.18. The number of hydrogen-bond acceptors (Lipinski definition) is 2. The van der Waals surface area contributed by atoms with E-state index in [0.29, 0.717) is 6.04 Å². The molecule has 0 heterocycles. The largest absolute Gasteiger partial charge is 0.325 e. The van der Waals surface area contributed by atoms with Gasteiger partial charge in [-0.2, -0.15) is 0 Å². The van der Waals surface area contributed by atoms with Crippen molar-refractivity contribution in [2.75, 3.05) is 0 Å². The molecule has 3 N–H and O–H groups in total. The van der Waals surface area contributed by atoms with Crippen LogP contribution >= 0.6 is 0 Å². The van der Waals surface area contributed by atoms with Crippen LogP contribution in [0.3, 0.4) is 0 Å². The molecule has 0 radical (unpaired) electrons. The molecule has 0 saturated carbocycles. The maximum absolute atomic E-state index is 6.00. The molecule has 0 bridgehead atoms. The van der Waals surface area contributed by atoms with Crippen molar-refractivity contribution in [3.8, 4) is 0 Å². The van der Waals surface area contributed by atoms with Crippen molar-refractivity contribution in [3.63, 3.8) is 0 Å². The third-order valence-electron chi connectivity index (χ3n) is 2.15. The van der Waals surface area contributed by atoms with Gasteiger partial charge in [0.1, 0.15) is 0 Å². The van der Waals surface area contributed by atoms with Crippen molar-refractivity contribution in [3.05, 3.63) is 0 Å². The van der Waals surface area contributed by atoms with Crippen molar-refractivity contribution < 1.29 is 0 Å². The first kappa shape index (κ1) is 12.9. The molecule has 2 nitrogen and oxygen atoms in total. The van der Waals surface area contributed by atoms with E-state index in [-0.39, 0.29) is 11.1 Å². The Kier molecular flexibility index (Phi) is 4.40. The molecule has 0 fully saturated rings. The summed E-state index contributed by atoms with van der Waals surface area (Å²) in [6.07, 6.45) is 2.15. The maximum Gasteiger partial charge on any atom is 0.0144 e. The number of rotatable bonds is 5. The van der Waals surface area contributed by atoms with Crippen molar-refractivity contribution in [2.45, 2.75) is 71.5 Å². The summed E-state index contributed by atoms with van der Waals surface area (Å²) in [6, 6.07) is 0.567. The van der Waals surface area contributed by atoms with E-state index < -0.39 is 0 Å². The van der Waals surface area contributed by atoms with Gasteiger partial charge >= 0.3 is 0 Å². The fourth-order valence-electron chi connectivity index (χ4n) is 1.96.